The number of aromatic amines is 1. The number of aromatic nitrogens is 2. The van der Waals surface area contributed by atoms with Crippen LogP contribution >= 0.6 is 0 Å². The molecule has 0 unspecified atom stereocenters. The maximum absolute atomic E-state index is 12.0. The van der Waals surface area contributed by atoms with E-state index < -0.39 is 9.84 Å². The normalized spacial score (nSPS) is 11.5. The molecule has 4 nitrogen and oxygen atoms in total. The monoisotopic (exact) mass is 312 g/mol. The minimum absolute atomic E-state index is 0.324. The third-order valence-electron chi connectivity index (χ3n) is 3.57. The van der Waals surface area contributed by atoms with Gasteiger partial charge in [0.05, 0.1) is 16.3 Å². The lowest BCUT2D eigenvalue weighted by atomic mass is 10.0. The summed E-state index contributed by atoms with van der Waals surface area (Å²) < 4.78 is 24.1. The molecule has 0 bridgehead atoms. The minimum Gasteiger partial charge on any atom is -0.359 e. The summed E-state index contributed by atoms with van der Waals surface area (Å²) in [6.45, 7) is 1.98. The Bertz CT molecular complexity index is 927. The van der Waals surface area contributed by atoms with Crippen LogP contribution in [0.2, 0.25) is 0 Å². The SMILES string of the molecule is Cc1cccnc1-c1[nH]ccc1-c1ccccc1S(C)(=O)=O. The Morgan fingerprint density at radius 3 is 2.50 bits per heavy atom. The van der Waals surface area contributed by atoms with Gasteiger partial charge in [0, 0.05) is 29.8 Å². The largest absolute Gasteiger partial charge is 0.359 e. The summed E-state index contributed by atoms with van der Waals surface area (Å²) in [5.74, 6) is 0. The van der Waals surface area contributed by atoms with Gasteiger partial charge in [0.25, 0.3) is 0 Å². The summed E-state index contributed by atoms with van der Waals surface area (Å²) in [7, 11) is -3.30. The molecule has 0 aliphatic carbocycles. The van der Waals surface area contributed by atoms with E-state index in [1.54, 1.807) is 24.5 Å². The molecule has 0 radical (unpaired) electrons. The highest BCUT2D eigenvalue weighted by Gasteiger charge is 2.18. The van der Waals surface area contributed by atoms with Crippen LogP contribution in [0.4, 0.5) is 0 Å². The molecular formula is C17H16N2O2S. The summed E-state index contributed by atoms with van der Waals surface area (Å²) in [5, 5.41) is 0. The van der Waals surface area contributed by atoms with Gasteiger partial charge in [-0.1, -0.05) is 24.3 Å². The van der Waals surface area contributed by atoms with Crippen molar-refractivity contribution >= 4 is 9.84 Å². The predicted molar refractivity (Wildman–Crippen MR) is 87.3 cm³/mol. The first-order valence-corrected chi connectivity index (χ1v) is 8.76. The van der Waals surface area contributed by atoms with E-state index >= 15 is 0 Å². The smallest absolute Gasteiger partial charge is 0.176 e. The van der Waals surface area contributed by atoms with Crippen LogP contribution in [-0.4, -0.2) is 24.6 Å². The maximum atomic E-state index is 12.0. The van der Waals surface area contributed by atoms with Crippen LogP contribution in [0.3, 0.4) is 0 Å². The molecule has 0 atom stereocenters. The Hall–Kier alpha value is -2.40. The van der Waals surface area contributed by atoms with Crippen molar-refractivity contribution in [2.75, 3.05) is 6.26 Å². The Balaban J connectivity index is 2.26. The Morgan fingerprint density at radius 2 is 1.77 bits per heavy atom. The number of rotatable bonds is 3. The Morgan fingerprint density at radius 1 is 1.00 bits per heavy atom. The molecular weight excluding hydrogens is 296 g/mol. The van der Waals surface area contributed by atoms with Crippen LogP contribution in [0.25, 0.3) is 22.5 Å². The highest BCUT2D eigenvalue weighted by Crippen LogP contribution is 2.35. The zero-order chi connectivity index (χ0) is 15.7. The van der Waals surface area contributed by atoms with E-state index in [1.165, 1.54) is 6.26 Å². The van der Waals surface area contributed by atoms with E-state index in [1.807, 2.05) is 37.3 Å². The number of pyridine rings is 1. The molecule has 0 amide bonds. The molecule has 0 saturated carbocycles. The van der Waals surface area contributed by atoms with Crippen molar-refractivity contribution in [3.63, 3.8) is 0 Å². The van der Waals surface area contributed by atoms with Gasteiger partial charge in [0.15, 0.2) is 9.84 Å². The van der Waals surface area contributed by atoms with Gasteiger partial charge < -0.3 is 4.98 Å². The van der Waals surface area contributed by atoms with Crippen LogP contribution in [-0.2, 0) is 9.84 Å². The molecule has 0 aliphatic heterocycles. The molecule has 112 valence electrons. The van der Waals surface area contributed by atoms with Gasteiger partial charge >= 0.3 is 0 Å². The van der Waals surface area contributed by atoms with Crippen LogP contribution in [0.15, 0.2) is 59.8 Å². The molecule has 0 spiro atoms. The molecule has 1 N–H and O–H groups in total. The first-order chi connectivity index (χ1) is 10.5. The van der Waals surface area contributed by atoms with Crippen molar-refractivity contribution in [1.82, 2.24) is 9.97 Å². The number of aryl methyl sites for hydroxylation is 1. The molecule has 2 heterocycles. The van der Waals surface area contributed by atoms with E-state index in [4.69, 9.17) is 0 Å². The van der Waals surface area contributed by atoms with Gasteiger partial charge in [-0.2, -0.15) is 0 Å². The fourth-order valence-corrected chi connectivity index (χ4v) is 3.45. The van der Waals surface area contributed by atoms with E-state index in [0.717, 1.165) is 22.5 Å². The summed E-state index contributed by atoms with van der Waals surface area (Å²) in [6.07, 6.45) is 4.76. The molecule has 0 saturated heterocycles. The molecule has 0 fully saturated rings. The first-order valence-electron chi connectivity index (χ1n) is 6.87. The molecule has 0 aliphatic rings. The van der Waals surface area contributed by atoms with Crippen molar-refractivity contribution in [3.05, 3.63) is 60.4 Å². The average molecular weight is 312 g/mol. The molecule has 3 aromatic rings. The minimum atomic E-state index is -3.30. The Labute approximate surface area is 129 Å². The third kappa shape index (κ3) is 2.55. The molecule has 3 rings (SSSR count). The molecule has 1 aromatic carbocycles. The number of nitrogens with one attached hydrogen (secondary N) is 1. The highest BCUT2D eigenvalue weighted by atomic mass is 32.2. The lowest BCUT2D eigenvalue weighted by Gasteiger charge is -2.10. The lowest BCUT2D eigenvalue weighted by Crippen LogP contribution is -2.00. The van der Waals surface area contributed by atoms with Gasteiger partial charge in [0.2, 0.25) is 0 Å². The average Bonchev–Trinajstić information content (AvgIpc) is 2.96. The summed E-state index contributed by atoms with van der Waals surface area (Å²) in [5.41, 5.74) is 4.21. The fraction of sp³-hybridized carbons (Fsp3) is 0.118. The summed E-state index contributed by atoms with van der Waals surface area (Å²) >= 11 is 0. The van der Waals surface area contributed by atoms with Crippen LogP contribution < -0.4 is 0 Å². The van der Waals surface area contributed by atoms with Crippen LogP contribution in [0, 0.1) is 6.92 Å². The molecule has 5 heteroatoms. The third-order valence-corrected chi connectivity index (χ3v) is 4.72. The lowest BCUT2D eigenvalue weighted by molar-refractivity contribution is 0.602. The van der Waals surface area contributed by atoms with E-state index in [-0.39, 0.29) is 0 Å². The quantitative estimate of drug-likeness (QED) is 0.805. The number of hydrogen-bond donors (Lipinski definition) is 1. The number of nitrogens with zero attached hydrogens (tertiary/aromatic N) is 1. The first kappa shape index (κ1) is 14.5. The topological polar surface area (TPSA) is 62.8 Å². The van der Waals surface area contributed by atoms with Crippen molar-refractivity contribution in [3.8, 4) is 22.5 Å². The van der Waals surface area contributed by atoms with Gasteiger partial charge in [-0.3, -0.25) is 4.98 Å². The van der Waals surface area contributed by atoms with Crippen LogP contribution in [0.1, 0.15) is 5.56 Å². The second-order valence-corrected chi connectivity index (χ2v) is 7.19. The highest BCUT2D eigenvalue weighted by molar-refractivity contribution is 7.90. The van der Waals surface area contributed by atoms with Crippen molar-refractivity contribution in [2.24, 2.45) is 0 Å². The van der Waals surface area contributed by atoms with Gasteiger partial charge in [-0.25, -0.2) is 8.42 Å². The number of benzene rings is 1. The van der Waals surface area contributed by atoms with Gasteiger partial charge in [-0.15, -0.1) is 0 Å². The maximum Gasteiger partial charge on any atom is 0.176 e. The molecule has 2 aromatic heterocycles. The number of H-pyrrole nitrogens is 1. The second-order valence-electron chi connectivity index (χ2n) is 5.20. The van der Waals surface area contributed by atoms with Crippen molar-refractivity contribution in [2.45, 2.75) is 11.8 Å². The van der Waals surface area contributed by atoms with Gasteiger partial charge in [0.1, 0.15) is 0 Å². The predicted octanol–water partition coefficient (Wildman–Crippen LogP) is 3.46. The fourth-order valence-electron chi connectivity index (χ4n) is 2.55. The van der Waals surface area contributed by atoms with Crippen LogP contribution in [0.5, 0.6) is 0 Å². The second kappa shape index (κ2) is 5.42. The molecule has 22 heavy (non-hydrogen) atoms. The number of hydrogen-bond acceptors (Lipinski definition) is 3. The van der Waals surface area contributed by atoms with Gasteiger partial charge in [-0.05, 0) is 30.7 Å². The van der Waals surface area contributed by atoms with E-state index in [9.17, 15) is 8.42 Å². The standard InChI is InChI=1S/C17H16N2O2S/c1-12-6-5-10-18-16(12)17-14(9-11-19-17)13-7-3-4-8-15(13)22(2,20)21/h3-11,19H,1-2H3. The number of sulfone groups is 1. The Kier molecular flexibility index (Phi) is 3.58. The van der Waals surface area contributed by atoms with Crippen molar-refractivity contribution < 1.29 is 8.42 Å². The zero-order valence-electron chi connectivity index (χ0n) is 12.4. The van der Waals surface area contributed by atoms with Crippen molar-refractivity contribution in [1.29, 1.82) is 0 Å². The van der Waals surface area contributed by atoms with E-state index in [2.05, 4.69) is 9.97 Å². The summed E-state index contributed by atoms with van der Waals surface area (Å²) in [4.78, 5) is 7.92. The zero-order valence-corrected chi connectivity index (χ0v) is 13.2. The summed E-state index contributed by atoms with van der Waals surface area (Å²) in [6, 6.07) is 12.8. The van der Waals surface area contributed by atoms with E-state index in [0.29, 0.717) is 10.5 Å².